The Morgan fingerprint density at radius 3 is 1.84 bits per heavy atom. The molecular formula is C45H76O19. The van der Waals surface area contributed by atoms with Crippen LogP contribution in [0, 0.1) is 52.3 Å². The smallest absolute Gasteiger partial charge is 0.187 e. The van der Waals surface area contributed by atoms with Crippen molar-refractivity contribution in [2.24, 2.45) is 52.3 Å². The van der Waals surface area contributed by atoms with Gasteiger partial charge in [0.15, 0.2) is 24.7 Å². The van der Waals surface area contributed by atoms with E-state index < -0.39 is 118 Å². The summed E-state index contributed by atoms with van der Waals surface area (Å²) in [4.78, 5) is 0. The van der Waals surface area contributed by atoms with Crippen molar-refractivity contribution in [3.05, 3.63) is 0 Å². The van der Waals surface area contributed by atoms with Crippen molar-refractivity contribution in [2.45, 2.75) is 202 Å². The van der Waals surface area contributed by atoms with Crippen LogP contribution in [0.15, 0.2) is 0 Å². The van der Waals surface area contributed by atoms with E-state index in [9.17, 15) is 61.3 Å². The lowest BCUT2D eigenvalue weighted by Gasteiger charge is -2.61. The summed E-state index contributed by atoms with van der Waals surface area (Å²) in [7, 11) is 0. The van der Waals surface area contributed by atoms with Crippen molar-refractivity contribution in [1.29, 1.82) is 0 Å². The first-order valence-electron chi connectivity index (χ1n) is 23.9. The van der Waals surface area contributed by atoms with E-state index in [0.717, 1.165) is 44.9 Å². The molecule has 19 nitrogen and oxygen atoms in total. The third kappa shape index (κ3) is 8.65. The van der Waals surface area contributed by atoms with Gasteiger partial charge in [-0.05, 0) is 104 Å². The minimum atomic E-state index is -1.75. The topological polar surface area (TPSA) is 307 Å². The number of ether oxygens (including phenoxy) is 7. The average Bonchev–Trinajstić information content (AvgIpc) is 3.71. The number of rotatable bonds is 13. The normalized spacial score (nSPS) is 55.6. The summed E-state index contributed by atoms with van der Waals surface area (Å²) in [5, 5.41) is 125. The van der Waals surface area contributed by atoms with E-state index in [4.69, 9.17) is 33.2 Å². The zero-order chi connectivity index (χ0) is 46.2. The van der Waals surface area contributed by atoms with Gasteiger partial charge in [0.25, 0.3) is 0 Å². The first-order valence-corrected chi connectivity index (χ1v) is 23.9. The monoisotopic (exact) mass is 920 g/mol. The highest BCUT2D eigenvalue weighted by Crippen LogP contribution is 2.71. The quantitative estimate of drug-likeness (QED) is 0.0909. The van der Waals surface area contributed by atoms with Gasteiger partial charge in [0.1, 0.15) is 73.2 Å². The summed E-state index contributed by atoms with van der Waals surface area (Å²) >= 11 is 0. The highest BCUT2D eigenvalue weighted by molar-refractivity contribution is 5.15. The second-order valence-electron chi connectivity index (χ2n) is 21.5. The molecule has 4 saturated carbocycles. The van der Waals surface area contributed by atoms with Crippen molar-refractivity contribution in [1.82, 2.24) is 0 Å². The molecule has 8 fully saturated rings. The fourth-order valence-corrected chi connectivity index (χ4v) is 14.2. The van der Waals surface area contributed by atoms with Crippen LogP contribution in [-0.2, 0) is 33.2 Å². The summed E-state index contributed by atoms with van der Waals surface area (Å²) in [5.74, 6) is 0.532. The maximum Gasteiger partial charge on any atom is 0.187 e. The number of hydrogen-bond donors (Lipinski definition) is 12. The van der Waals surface area contributed by atoms with Gasteiger partial charge in [-0.1, -0.05) is 27.7 Å². The molecule has 0 aromatic heterocycles. The molecule has 4 heterocycles. The van der Waals surface area contributed by atoms with Gasteiger partial charge in [-0.15, -0.1) is 0 Å². The molecule has 8 rings (SSSR count). The van der Waals surface area contributed by atoms with Crippen LogP contribution in [-0.4, -0.2) is 198 Å². The lowest BCUT2D eigenvalue weighted by atomic mass is 9.44. The van der Waals surface area contributed by atoms with Gasteiger partial charge in [-0.2, -0.15) is 0 Å². The summed E-state index contributed by atoms with van der Waals surface area (Å²) in [5.41, 5.74) is 0.0475. The Labute approximate surface area is 374 Å². The molecule has 4 saturated heterocycles. The van der Waals surface area contributed by atoms with E-state index in [1.807, 2.05) is 6.92 Å². The molecule has 370 valence electrons. The molecule has 0 aromatic rings. The van der Waals surface area contributed by atoms with E-state index in [1.165, 1.54) is 0 Å². The summed E-state index contributed by atoms with van der Waals surface area (Å²) in [6.07, 6.45) is -13.7. The first kappa shape index (κ1) is 49.7. The van der Waals surface area contributed by atoms with E-state index in [0.29, 0.717) is 42.9 Å². The van der Waals surface area contributed by atoms with Gasteiger partial charge in [0, 0.05) is 12.3 Å². The largest absolute Gasteiger partial charge is 0.394 e. The molecule has 64 heavy (non-hydrogen) atoms. The Kier molecular flexibility index (Phi) is 14.9. The molecule has 0 unspecified atom stereocenters. The van der Waals surface area contributed by atoms with Crippen molar-refractivity contribution >= 4 is 0 Å². The molecule has 4 aliphatic carbocycles. The average molecular weight is 921 g/mol. The van der Waals surface area contributed by atoms with E-state index in [2.05, 4.69) is 20.8 Å². The minimum absolute atomic E-state index is 0.00000712. The van der Waals surface area contributed by atoms with Crippen molar-refractivity contribution in [2.75, 3.05) is 26.4 Å². The summed E-state index contributed by atoms with van der Waals surface area (Å²) in [6.45, 7) is 7.28. The summed E-state index contributed by atoms with van der Waals surface area (Å²) < 4.78 is 42.0. The SMILES string of the molecule is C[C@@H](CC[C@@]1(O)O[C@H]2C[C@H]3[C@@H]4CC[C@@H]5C[C@@H](O[C@@H]6O[C@H](CO)[C@@H](O)[C@H](O)[C@H]6O[C@@H]6O[C@H](CO)[C@H](O)[C@H](O)[C@H]6O)CC[C@]5(C)[C@H]4CC[C@]3(C)[C@H]2[C@@H]1C)CO[C@@H]1O[C@H](CO)[C@@H](O)[C@H](O)[C@H]1O. The maximum absolute atomic E-state index is 12.1. The van der Waals surface area contributed by atoms with Crippen molar-refractivity contribution in [3.8, 4) is 0 Å². The molecule has 4 aliphatic heterocycles. The van der Waals surface area contributed by atoms with Crippen molar-refractivity contribution in [3.63, 3.8) is 0 Å². The fraction of sp³-hybridized carbons (Fsp3) is 1.00. The molecule has 0 bridgehead atoms. The molecule has 0 amide bonds. The number of hydrogen-bond acceptors (Lipinski definition) is 19. The Hall–Kier alpha value is -0.760. The van der Waals surface area contributed by atoms with Crippen LogP contribution in [0.1, 0.15) is 91.9 Å². The van der Waals surface area contributed by atoms with E-state index >= 15 is 0 Å². The molecule has 0 radical (unpaired) electrons. The highest BCUT2D eigenvalue weighted by Gasteiger charge is 2.68. The molecular weight excluding hydrogens is 844 g/mol. The zero-order valence-electron chi connectivity index (χ0n) is 37.5. The lowest BCUT2D eigenvalue weighted by Crippen LogP contribution is -2.65. The Morgan fingerprint density at radius 2 is 1.20 bits per heavy atom. The van der Waals surface area contributed by atoms with Gasteiger partial charge in [-0.25, -0.2) is 0 Å². The molecule has 8 aliphatic rings. The van der Waals surface area contributed by atoms with Crippen LogP contribution in [0.5, 0.6) is 0 Å². The van der Waals surface area contributed by atoms with Crippen LogP contribution in [0.25, 0.3) is 0 Å². The Morgan fingerprint density at radius 1 is 0.625 bits per heavy atom. The third-order valence-corrected chi connectivity index (χ3v) is 18.0. The highest BCUT2D eigenvalue weighted by atomic mass is 16.8. The first-order chi connectivity index (χ1) is 30.3. The second-order valence-corrected chi connectivity index (χ2v) is 21.5. The fourth-order valence-electron chi connectivity index (χ4n) is 14.2. The molecule has 27 atom stereocenters. The van der Waals surface area contributed by atoms with Crippen LogP contribution in [0.2, 0.25) is 0 Å². The van der Waals surface area contributed by atoms with Crippen LogP contribution in [0.4, 0.5) is 0 Å². The predicted octanol–water partition coefficient (Wildman–Crippen LogP) is -1.78. The third-order valence-electron chi connectivity index (χ3n) is 18.0. The minimum Gasteiger partial charge on any atom is -0.394 e. The van der Waals surface area contributed by atoms with Gasteiger partial charge in [-0.3, -0.25) is 0 Å². The van der Waals surface area contributed by atoms with E-state index in [1.54, 1.807) is 0 Å². The van der Waals surface area contributed by atoms with E-state index in [-0.39, 0.29) is 47.4 Å². The standard InChI is InChI=1S/C45H76O19/c1-19(18-58-40-37(55)34(52)31(49)27(15-46)60-40)7-12-45(57)20(2)30-26(64-45)14-25-23-6-5-21-13-22(8-10-43(21,3)24(23)9-11-44(25,30)4)59-42-39(36(54)33(51)29(17-48)62-42)63-41-38(56)35(53)32(50)28(16-47)61-41/h19-42,46-57H,5-18H2,1-4H3/t19-,20-,21+,22-,23+,24-,25-,26-,27+,28+,29+,30-,31+,32-,33+,34-,35-,36-,37+,38+,39+,40+,41-,42+,43-,44-,45+/m0/s1. The van der Waals surface area contributed by atoms with Crippen LogP contribution < -0.4 is 0 Å². The van der Waals surface area contributed by atoms with Crippen molar-refractivity contribution < 1.29 is 94.4 Å². The lowest BCUT2D eigenvalue weighted by molar-refractivity contribution is -0.373. The zero-order valence-corrected chi connectivity index (χ0v) is 37.5. The second kappa shape index (κ2) is 19.2. The number of fused-ring (bicyclic) bond motifs is 7. The van der Waals surface area contributed by atoms with Crippen LogP contribution >= 0.6 is 0 Å². The Balaban J connectivity index is 0.869. The van der Waals surface area contributed by atoms with Gasteiger partial charge >= 0.3 is 0 Å². The maximum atomic E-state index is 12.1. The Bertz CT molecular complexity index is 1560. The number of aliphatic hydroxyl groups excluding tert-OH is 11. The molecule has 19 heteroatoms. The predicted molar refractivity (Wildman–Crippen MR) is 219 cm³/mol. The van der Waals surface area contributed by atoms with Crippen LogP contribution in [0.3, 0.4) is 0 Å². The van der Waals surface area contributed by atoms with Gasteiger partial charge in [0.05, 0.1) is 38.6 Å². The van der Waals surface area contributed by atoms with Gasteiger partial charge in [0.2, 0.25) is 0 Å². The molecule has 0 spiro atoms. The molecule has 12 N–H and O–H groups in total. The summed E-state index contributed by atoms with van der Waals surface area (Å²) in [6, 6.07) is 0. The van der Waals surface area contributed by atoms with Gasteiger partial charge < -0.3 is 94.4 Å². The number of aliphatic hydroxyl groups is 12. The molecule has 0 aromatic carbocycles.